The lowest BCUT2D eigenvalue weighted by atomic mass is 10.2. The molecule has 172 valence electrons. The van der Waals surface area contributed by atoms with Crippen molar-refractivity contribution >= 4 is 83.5 Å². The number of thioether (sulfide) groups is 1. The van der Waals surface area contributed by atoms with Crippen LogP contribution < -0.4 is 9.64 Å². The minimum absolute atomic E-state index is 0.125. The van der Waals surface area contributed by atoms with Gasteiger partial charge in [-0.2, -0.15) is 0 Å². The van der Waals surface area contributed by atoms with Gasteiger partial charge in [-0.05, 0) is 79.4 Å². The maximum absolute atomic E-state index is 13.1. The van der Waals surface area contributed by atoms with Crippen LogP contribution in [0.5, 0.6) is 5.75 Å². The van der Waals surface area contributed by atoms with E-state index in [4.69, 9.17) is 17.0 Å². The van der Waals surface area contributed by atoms with Crippen LogP contribution in [0.15, 0.2) is 74.5 Å². The number of benzene rings is 3. The second-order valence-electron chi connectivity index (χ2n) is 7.02. The fourth-order valence-corrected chi connectivity index (χ4v) is 5.87. The predicted molar refractivity (Wildman–Crippen MR) is 141 cm³/mol. The number of thiocarbonyl (C=S) groups is 1. The SMILES string of the molecule is O=C1/C(=C\c2cc(Br)c(OCc3ccc(F)cc3)c(Br)c2)SC(=S)N1c1cccc([N+](=O)[O-])c1. The van der Waals surface area contributed by atoms with Crippen LogP contribution in [0, 0.1) is 15.9 Å². The van der Waals surface area contributed by atoms with Gasteiger partial charge in [0.2, 0.25) is 0 Å². The highest BCUT2D eigenvalue weighted by Gasteiger charge is 2.34. The van der Waals surface area contributed by atoms with E-state index in [1.54, 1.807) is 36.4 Å². The van der Waals surface area contributed by atoms with Gasteiger partial charge in [-0.1, -0.05) is 42.2 Å². The summed E-state index contributed by atoms with van der Waals surface area (Å²) in [6, 6.07) is 15.4. The average molecular weight is 624 g/mol. The van der Waals surface area contributed by atoms with E-state index in [0.29, 0.717) is 30.9 Å². The number of non-ortho nitro benzene ring substituents is 1. The number of nitro benzene ring substituents is 1. The summed E-state index contributed by atoms with van der Waals surface area (Å²) in [5.41, 5.74) is 1.74. The molecule has 0 bridgehead atoms. The minimum atomic E-state index is -0.522. The molecule has 1 heterocycles. The third-order valence-corrected chi connectivity index (χ3v) is 7.19. The van der Waals surface area contributed by atoms with Gasteiger partial charge in [-0.25, -0.2) is 4.39 Å². The number of nitrogens with zero attached hydrogens (tertiary/aromatic N) is 2. The van der Waals surface area contributed by atoms with Crippen molar-refractivity contribution in [2.24, 2.45) is 0 Å². The first-order valence-electron chi connectivity index (χ1n) is 9.61. The molecule has 0 spiro atoms. The molecule has 0 aromatic heterocycles. The molecule has 1 saturated heterocycles. The molecule has 1 fully saturated rings. The van der Waals surface area contributed by atoms with Crippen LogP contribution in [-0.2, 0) is 11.4 Å². The largest absolute Gasteiger partial charge is 0.487 e. The molecule has 0 unspecified atom stereocenters. The quantitative estimate of drug-likeness (QED) is 0.125. The number of anilines is 1. The molecule has 1 amide bonds. The van der Waals surface area contributed by atoms with E-state index in [1.807, 2.05) is 0 Å². The molecule has 0 radical (unpaired) electrons. The van der Waals surface area contributed by atoms with Crippen molar-refractivity contribution in [2.45, 2.75) is 6.61 Å². The Balaban J connectivity index is 1.55. The van der Waals surface area contributed by atoms with E-state index in [9.17, 15) is 19.3 Å². The topological polar surface area (TPSA) is 72.7 Å². The summed E-state index contributed by atoms with van der Waals surface area (Å²) < 4.78 is 20.6. The zero-order valence-corrected chi connectivity index (χ0v) is 21.8. The van der Waals surface area contributed by atoms with Crippen molar-refractivity contribution < 1.29 is 18.8 Å². The third-order valence-electron chi connectivity index (χ3n) is 4.71. The fraction of sp³-hybridized carbons (Fsp3) is 0.0435. The molecule has 0 N–H and O–H groups in total. The first-order valence-corrected chi connectivity index (χ1v) is 12.4. The van der Waals surface area contributed by atoms with Crippen molar-refractivity contribution in [2.75, 3.05) is 4.90 Å². The number of hydrogen-bond acceptors (Lipinski definition) is 6. The van der Waals surface area contributed by atoms with Gasteiger partial charge in [0.15, 0.2) is 4.32 Å². The van der Waals surface area contributed by atoms with Gasteiger partial charge in [0.05, 0.1) is 24.5 Å². The molecule has 34 heavy (non-hydrogen) atoms. The summed E-state index contributed by atoms with van der Waals surface area (Å²) in [6.45, 7) is 0.249. The van der Waals surface area contributed by atoms with Crippen molar-refractivity contribution in [3.63, 3.8) is 0 Å². The predicted octanol–water partition coefficient (Wildman–Crippen LogP) is 7.24. The van der Waals surface area contributed by atoms with Crippen molar-refractivity contribution in [3.8, 4) is 5.75 Å². The number of carbonyl (C=O) groups is 1. The average Bonchev–Trinajstić information content (AvgIpc) is 3.07. The maximum Gasteiger partial charge on any atom is 0.271 e. The first kappa shape index (κ1) is 24.5. The van der Waals surface area contributed by atoms with E-state index in [0.717, 1.165) is 17.3 Å². The maximum atomic E-state index is 13.1. The summed E-state index contributed by atoms with van der Waals surface area (Å²) in [5, 5.41) is 11.1. The summed E-state index contributed by atoms with van der Waals surface area (Å²) >= 11 is 13.5. The Morgan fingerprint density at radius 2 is 1.79 bits per heavy atom. The van der Waals surface area contributed by atoms with Crippen LogP contribution in [0.25, 0.3) is 6.08 Å². The normalized spacial score (nSPS) is 14.7. The molecular formula is C23H13Br2FN2O4S2. The fourth-order valence-electron chi connectivity index (χ4n) is 3.12. The van der Waals surface area contributed by atoms with Gasteiger partial charge in [0.1, 0.15) is 18.2 Å². The number of amides is 1. The molecule has 6 nitrogen and oxygen atoms in total. The Bertz CT molecular complexity index is 1330. The number of halogens is 3. The van der Waals surface area contributed by atoms with Crippen molar-refractivity contribution in [1.29, 1.82) is 0 Å². The molecule has 0 saturated carbocycles. The van der Waals surface area contributed by atoms with Gasteiger partial charge in [0.25, 0.3) is 11.6 Å². The molecule has 3 aromatic rings. The summed E-state index contributed by atoms with van der Waals surface area (Å²) in [5.74, 6) is -0.114. The van der Waals surface area contributed by atoms with Crippen LogP contribution in [0.1, 0.15) is 11.1 Å². The Morgan fingerprint density at radius 3 is 2.44 bits per heavy atom. The minimum Gasteiger partial charge on any atom is -0.487 e. The van der Waals surface area contributed by atoms with Gasteiger partial charge in [-0.15, -0.1) is 0 Å². The second kappa shape index (κ2) is 10.3. The van der Waals surface area contributed by atoms with E-state index in [-0.39, 0.29) is 28.3 Å². The highest BCUT2D eigenvalue weighted by Crippen LogP contribution is 2.39. The standard InChI is InChI=1S/C23H13Br2FN2O4S2/c24-18-8-14(9-19(25)21(18)32-12-13-4-6-15(26)7-5-13)10-20-22(29)27(23(33)34-20)16-2-1-3-17(11-16)28(30)31/h1-11H,12H2/b20-10+. The van der Waals surface area contributed by atoms with Gasteiger partial charge in [-0.3, -0.25) is 19.8 Å². The Morgan fingerprint density at radius 1 is 1.12 bits per heavy atom. The zero-order chi connectivity index (χ0) is 24.4. The second-order valence-corrected chi connectivity index (χ2v) is 10.4. The number of rotatable bonds is 6. The van der Waals surface area contributed by atoms with Crippen molar-refractivity contribution in [1.82, 2.24) is 0 Å². The molecule has 0 atom stereocenters. The Kier molecular flexibility index (Phi) is 7.46. The lowest BCUT2D eigenvalue weighted by molar-refractivity contribution is -0.384. The van der Waals surface area contributed by atoms with Crippen LogP contribution in [-0.4, -0.2) is 15.2 Å². The van der Waals surface area contributed by atoms with Gasteiger partial charge >= 0.3 is 0 Å². The van der Waals surface area contributed by atoms with Crippen LogP contribution >= 0.6 is 55.8 Å². The van der Waals surface area contributed by atoms with Crippen molar-refractivity contribution in [3.05, 3.63) is 102 Å². The molecule has 1 aliphatic rings. The lowest BCUT2D eigenvalue weighted by Crippen LogP contribution is -2.27. The lowest BCUT2D eigenvalue weighted by Gasteiger charge is -2.14. The molecular weight excluding hydrogens is 611 g/mol. The monoisotopic (exact) mass is 622 g/mol. The number of ether oxygens (including phenoxy) is 1. The Hall–Kier alpha value is -2.60. The molecule has 4 rings (SSSR count). The summed E-state index contributed by atoms with van der Waals surface area (Å²) in [6.07, 6.45) is 1.69. The van der Waals surface area contributed by atoms with Crippen LogP contribution in [0.2, 0.25) is 0 Å². The van der Waals surface area contributed by atoms with Gasteiger partial charge in [0, 0.05) is 12.1 Å². The summed E-state index contributed by atoms with van der Waals surface area (Å²) in [4.78, 5) is 25.3. The third kappa shape index (κ3) is 5.38. The van der Waals surface area contributed by atoms with Crippen LogP contribution in [0.3, 0.4) is 0 Å². The Labute approximate surface area is 220 Å². The molecule has 1 aliphatic heterocycles. The smallest absolute Gasteiger partial charge is 0.271 e. The van der Waals surface area contributed by atoms with Crippen LogP contribution in [0.4, 0.5) is 15.8 Å². The van der Waals surface area contributed by atoms with E-state index in [2.05, 4.69) is 31.9 Å². The summed E-state index contributed by atoms with van der Waals surface area (Å²) in [7, 11) is 0. The zero-order valence-electron chi connectivity index (χ0n) is 17.0. The molecule has 0 aliphatic carbocycles. The van der Waals surface area contributed by atoms with E-state index in [1.165, 1.54) is 35.2 Å². The highest BCUT2D eigenvalue weighted by molar-refractivity contribution is 9.11. The number of nitro groups is 1. The van der Waals surface area contributed by atoms with E-state index >= 15 is 0 Å². The highest BCUT2D eigenvalue weighted by atomic mass is 79.9. The molecule has 11 heteroatoms. The van der Waals surface area contributed by atoms with Gasteiger partial charge < -0.3 is 4.74 Å². The molecule has 3 aromatic carbocycles. The van der Waals surface area contributed by atoms with E-state index < -0.39 is 4.92 Å². The first-order chi connectivity index (χ1) is 16.2. The number of hydrogen-bond donors (Lipinski definition) is 0. The number of carbonyl (C=O) groups excluding carboxylic acids is 1.